The number of H-pyrrole nitrogens is 1. The molecule has 1 aliphatic carbocycles. The van der Waals surface area contributed by atoms with E-state index in [9.17, 15) is 8.42 Å². The smallest absolute Gasteiger partial charge is 0.156 e. The lowest BCUT2D eigenvalue weighted by molar-refractivity contribution is 0.585. The van der Waals surface area contributed by atoms with Gasteiger partial charge in [-0.15, -0.1) is 0 Å². The minimum atomic E-state index is -3.01. The summed E-state index contributed by atoms with van der Waals surface area (Å²) in [5.41, 5.74) is 1.78. The van der Waals surface area contributed by atoms with Gasteiger partial charge in [-0.3, -0.25) is 5.10 Å². The van der Waals surface area contributed by atoms with Crippen LogP contribution >= 0.6 is 0 Å². The topological polar surface area (TPSA) is 74.8 Å². The number of hydrogen-bond donors (Lipinski definition) is 2. The standard InChI is InChI=1S/C8H13N3O2S/c1-9-8-5-3-4-6(14(2,12)13)7(5)10-11-8/h6H,3-4H2,1-2H3,(H2,9,10,11). The van der Waals surface area contributed by atoms with Crippen molar-refractivity contribution in [2.75, 3.05) is 18.6 Å². The molecule has 0 fully saturated rings. The van der Waals surface area contributed by atoms with Gasteiger partial charge in [0.2, 0.25) is 0 Å². The van der Waals surface area contributed by atoms with Crippen LogP contribution in [0.1, 0.15) is 22.9 Å². The summed E-state index contributed by atoms with van der Waals surface area (Å²) in [7, 11) is -1.23. The van der Waals surface area contributed by atoms with Gasteiger partial charge in [-0.2, -0.15) is 5.10 Å². The van der Waals surface area contributed by atoms with Crippen LogP contribution < -0.4 is 5.32 Å². The molecular formula is C8H13N3O2S. The highest BCUT2D eigenvalue weighted by atomic mass is 32.2. The van der Waals surface area contributed by atoms with Crippen molar-refractivity contribution in [1.29, 1.82) is 0 Å². The number of fused-ring (bicyclic) bond motifs is 1. The Morgan fingerprint density at radius 2 is 2.29 bits per heavy atom. The highest BCUT2D eigenvalue weighted by Crippen LogP contribution is 2.38. The first-order chi connectivity index (χ1) is 6.54. The zero-order valence-corrected chi connectivity index (χ0v) is 8.98. The molecular weight excluding hydrogens is 202 g/mol. The average Bonchev–Trinajstić information content (AvgIpc) is 2.59. The van der Waals surface area contributed by atoms with Crippen LogP contribution in [0.5, 0.6) is 0 Å². The predicted molar refractivity (Wildman–Crippen MR) is 54.0 cm³/mol. The molecule has 14 heavy (non-hydrogen) atoms. The third-order valence-corrected chi connectivity index (χ3v) is 4.14. The molecule has 2 N–H and O–H groups in total. The summed E-state index contributed by atoms with van der Waals surface area (Å²) in [6.45, 7) is 0. The first-order valence-electron chi connectivity index (χ1n) is 4.47. The molecule has 1 atom stereocenters. The Morgan fingerprint density at radius 1 is 1.57 bits per heavy atom. The molecule has 0 aliphatic heterocycles. The van der Waals surface area contributed by atoms with Gasteiger partial charge in [0.25, 0.3) is 0 Å². The minimum absolute atomic E-state index is 0.396. The minimum Gasteiger partial charge on any atom is -0.371 e. The summed E-state index contributed by atoms with van der Waals surface area (Å²) in [5.74, 6) is 0.770. The van der Waals surface area contributed by atoms with Gasteiger partial charge in [-0.25, -0.2) is 8.42 Å². The highest BCUT2D eigenvalue weighted by molar-refractivity contribution is 7.90. The summed E-state index contributed by atoms with van der Waals surface area (Å²) < 4.78 is 22.9. The van der Waals surface area contributed by atoms with Gasteiger partial charge in [-0.1, -0.05) is 0 Å². The predicted octanol–water partition coefficient (Wildman–Crippen LogP) is 0.483. The van der Waals surface area contributed by atoms with E-state index in [2.05, 4.69) is 15.5 Å². The fourth-order valence-electron chi connectivity index (χ4n) is 1.95. The van der Waals surface area contributed by atoms with E-state index >= 15 is 0 Å². The Labute approximate surface area is 82.8 Å². The summed E-state index contributed by atoms with van der Waals surface area (Å²) >= 11 is 0. The Hall–Kier alpha value is -1.04. The molecule has 0 saturated carbocycles. The molecule has 1 aliphatic rings. The third-order valence-electron chi connectivity index (χ3n) is 2.63. The summed E-state index contributed by atoms with van der Waals surface area (Å²) in [5, 5.41) is 9.37. The second kappa shape index (κ2) is 2.98. The van der Waals surface area contributed by atoms with Crippen LogP contribution in [0, 0.1) is 0 Å². The molecule has 1 unspecified atom stereocenters. The van der Waals surface area contributed by atoms with E-state index in [0.717, 1.165) is 23.5 Å². The number of nitrogens with one attached hydrogen (secondary N) is 2. The summed E-state index contributed by atoms with van der Waals surface area (Å²) in [6, 6.07) is 0. The normalized spacial score (nSPS) is 20.9. The Kier molecular flexibility index (Phi) is 2.02. The van der Waals surface area contributed by atoms with Crippen molar-refractivity contribution < 1.29 is 8.42 Å². The van der Waals surface area contributed by atoms with Crippen molar-refractivity contribution in [3.63, 3.8) is 0 Å². The van der Waals surface area contributed by atoms with E-state index in [1.165, 1.54) is 6.26 Å². The second-order valence-electron chi connectivity index (χ2n) is 3.57. The summed E-state index contributed by atoms with van der Waals surface area (Å²) in [6.07, 6.45) is 2.71. The molecule has 0 saturated heterocycles. The molecule has 0 spiro atoms. The van der Waals surface area contributed by atoms with Gasteiger partial charge in [0.15, 0.2) is 15.7 Å². The molecule has 0 radical (unpaired) electrons. The largest absolute Gasteiger partial charge is 0.371 e. The quantitative estimate of drug-likeness (QED) is 0.752. The van der Waals surface area contributed by atoms with Crippen LogP contribution in [-0.2, 0) is 16.3 Å². The average molecular weight is 215 g/mol. The van der Waals surface area contributed by atoms with Crippen molar-refractivity contribution in [2.45, 2.75) is 18.1 Å². The van der Waals surface area contributed by atoms with Crippen molar-refractivity contribution in [3.8, 4) is 0 Å². The van der Waals surface area contributed by atoms with Crippen molar-refractivity contribution in [2.24, 2.45) is 0 Å². The Morgan fingerprint density at radius 3 is 2.86 bits per heavy atom. The van der Waals surface area contributed by atoms with E-state index in [0.29, 0.717) is 6.42 Å². The highest BCUT2D eigenvalue weighted by Gasteiger charge is 2.34. The third kappa shape index (κ3) is 1.30. The van der Waals surface area contributed by atoms with Gasteiger partial charge in [0.05, 0.1) is 5.69 Å². The van der Waals surface area contributed by atoms with Gasteiger partial charge in [-0.05, 0) is 12.8 Å². The van der Waals surface area contributed by atoms with Crippen molar-refractivity contribution in [1.82, 2.24) is 10.2 Å². The fourth-order valence-corrected chi connectivity index (χ4v) is 3.12. The molecule has 1 aromatic rings. The van der Waals surface area contributed by atoms with E-state index in [1.807, 2.05) is 0 Å². The van der Waals surface area contributed by atoms with Gasteiger partial charge < -0.3 is 5.32 Å². The first kappa shape index (κ1) is 9.51. The molecule has 2 rings (SSSR count). The molecule has 78 valence electrons. The molecule has 1 heterocycles. The maximum Gasteiger partial charge on any atom is 0.156 e. The van der Waals surface area contributed by atoms with E-state index in [1.54, 1.807) is 7.05 Å². The lowest BCUT2D eigenvalue weighted by atomic mass is 10.2. The Bertz CT molecular complexity index is 449. The number of aromatic nitrogens is 2. The maximum absolute atomic E-state index is 11.4. The van der Waals surface area contributed by atoms with E-state index in [4.69, 9.17) is 0 Å². The molecule has 0 bridgehead atoms. The number of aromatic amines is 1. The monoisotopic (exact) mass is 215 g/mol. The molecule has 0 aromatic carbocycles. The number of nitrogens with zero attached hydrogens (tertiary/aromatic N) is 1. The lowest BCUT2D eigenvalue weighted by Crippen LogP contribution is -2.08. The second-order valence-corrected chi connectivity index (χ2v) is 5.80. The van der Waals surface area contributed by atoms with E-state index < -0.39 is 15.1 Å². The summed E-state index contributed by atoms with van der Waals surface area (Å²) in [4.78, 5) is 0. The zero-order chi connectivity index (χ0) is 10.3. The SMILES string of the molecule is CNc1n[nH]c2c1CCC2S(C)(=O)=O. The van der Waals surface area contributed by atoms with Crippen molar-refractivity contribution in [3.05, 3.63) is 11.3 Å². The van der Waals surface area contributed by atoms with Crippen LogP contribution in [-0.4, -0.2) is 31.9 Å². The fraction of sp³-hybridized carbons (Fsp3) is 0.625. The van der Waals surface area contributed by atoms with Crippen LogP contribution in [0.15, 0.2) is 0 Å². The molecule has 6 heteroatoms. The van der Waals surface area contributed by atoms with Crippen LogP contribution in [0.3, 0.4) is 0 Å². The first-order valence-corrected chi connectivity index (χ1v) is 6.43. The van der Waals surface area contributed by atoms with Crippen LogP contribution in [0.4, 0.5) is 5.82 Å². The lowest BCUT2D eigenvalue weighted by Gasteiger charge is -2.05. The van der Waals surface area contributed by atoms with Crippen LogP contribution in [0.2, 0.25) is 0 Å². The van der Waals surface area contributed by atoms with E-state index in [-0.39, 0.29) is 0 Å². The molecule has 5 nitrogen and oxygen atoms in total. The number of sulfone groups is 1. The Balaban J connectivity index is 2.46. The van der Waals surface area contributed by atoms with Gasteiger partial charge in [0.1, 0.15) is 5.25 Å². The zero-order valence-electron chi connectivity index (χ0n) is 8.16. The van der Waals surface area contributed by atoms with Crippen LogP contribution in [0.25, 0.3) is 0 Å². The molecule has 1 aromatic heterocycles. The van der Waals surface area contributed by atoms with Crippen molar-refractivity contribution >= 4 is 15.7 Å². The molecule has 0 amide bonds. The maximum atomic E-state index is 11.4. The number of rotatable bonds is 2. The number of hydrogen-bond acceptors (Lipinski definition) is 4. The van der Waals surface area contributed by atoms with Gasteiger partial charge >= 0.3 is 0 Å². The van der Waals surface area contributed by atoms with Gasteiger partial charge in [0, 0.05) is 18.9 Å². The number of anilines is 1.